The van der Waals surface area contributed by atoms with Crippen molar-refractivity contribution in [3.8, 4) is 0 Å². The van der Waals surface area contributed by atoms with E-state index in [9.17, 15) is 4.79 Å². The van der Waals surface area contributed by atoms with E-state index in [0.717, 1.165) is 44.1 Å². The predicted octanol–water partition coefficient (Wildman–Crippen LogP) is 2.94. The summed E-state index contributed by atoms with van der Waals surface area (Å²) in [4.78, 5) is 17.9. The lowest BCUT2D eigenvalue weighted by molar-refractivity contribution is -0.114. The molecular formula is C23H31N5O. The van der Waals surface area contributed by atoms with Crippen LogP contribution in [0, 0.1) is 6.92 Å². The van der Waals surface area contributed by atoms with Crippen LogP contribution in [0.3, 0.4) is 0 Å². The summed E-state index contributed by atoms with van der Waals surface area (Å²) in [6, 6.07) is 17.1. The van der Waals surface area contributed by atoms with Crippen LogP contribution in [0.25, 0.3) is 0 Å². The van der Waals surface area contributed by atoms with E-state index in [1.54, 1.807) is 0 Å². The zero-order chi connectivity index (χ0) is 20.6. The molecule has 0 bridgehead atoms. The van der Waals surface area contributed by atoms with E-state index in [1.807, 2.05) is 31.3 Å². The third-order valence-electron chi connectivity index (χ3n) is 5.13. The maximum Gasteiger partial charge on any atom is 0.221 e. The molecule has 3 N–H and O–H groups in total. The zero-order valence-electron chi connectivity index (χ0n) is 17.5. The van der Waals surface area contributed by atoms with Gasteiger partial charge in [-0.2, -0.15) is 0 Å². The first-order valence-electron chi connectivity index (χ1n) is 10.2. The molecule has 2 aromatic rings. The molecule has 1 aliphatic heterocycles. The highest BCUT2D eigenvalue weighted by molar-refractivity contribution is 5.88. The number of hydrogen-bond acceptors (Lipinski definition) is 3. The summed E-state index contributed by atoms with van der Waals surface area (Å²) < 4.78 is 0. The molecule has 2 aromatic carbocycles. The fourth-order valence-electron chi connectivity index (χ4n) is 3.54. The normalized spacial score (nSPS) is 16.6. The van der Waals surface area contributed by atoms with Gasteiger partial charge in [0.25, 0.3) is 0 Å². The fraction of sp³-hybridized carbons (Fsp3) is 0.391. The zero-order valence-corrected chi connectivity index (χ0v) is 17.5. The minimum Gasteiger partial charge on any atom is -0.369 e. The molecule has 1 unspecified atom stereocenters. The Balaban J connectivity index is 1.43. The number of anilines is 2. The molecule has 1 heterocycles. The van der Waals surface area contributed by atoms with E-state index in [0.29, 0.717) is 6.04 Å². The minimum atomic E-state index is -0.0536. The van der Waals surface area contributed by atoms with Crippen molar-refractivity contribution in [2.75, 3.05) is 36.9 Å². The van der Waals surface area contributed by atoms with E-state index >= 15 is 0 Å². The van der Waals surface area contributed by atoms with Crippen LogP contribution in [0.5, 0.6) is 0 Å². The molecule has 6 nitrogen and oxygen atoms in total. The number of carbonyl (C=O) groups excluding carboxylic acids is 1. The SMILES string of the molecule is CN=C(NCCc1ccc(NC(C)=O)cc1)NC1CCN(c2ccc(C)cc2)C1. The Bertz CT molecular complexity index is 829. The number of rotatable bonds is 6. The third-order valence-corrected chi connectivity index (χ3v) is 5.13. The maximum absolute atomic E-state index is 11.1. The van der Waals surface area contributed by atoms with Crippen LogP contribution in [-0.2, 0) is 11.2 Å². The van der Waals surface area contributed by atoms with Crippen LogP contribution in [0.2, 0.25) is 0 Å². The summed E-state index contributed by atoms with van der Waals surface area (Å²) in [5, 5.41) is 9.73. The highest BCUT2D eigenvalue weighted by Gasteiger charge is 2.23. The van der Waals surface area contributed by atoms with Crippen molar-refractivity contribution in [3.63, 3.8) is 0 Å². The van der Waals surface area contributed by atoms with Crippen molar-refractivity contribution in [2.24, 2.45) is 4.99 Å². The average Bonchev–Trinajstić information content (AvgIpc) is 3.17. The molecule has 1 atom stereocenters. The van der Waals surface area contributed by atoms with E-state index in [-0.39, 0.29) is 5.91 Å². The summed E-state index contributed by atoms with van der Waals surface area (Å²) in [7, 11) is 1.81. The highest BCUT2D eigenvalue weighted by atomic mass is 16.1. The van der Waals surface area contributed by atoms with Gasteiger partial charge in [-0.3, -0.25) is 9.79 Å². The van der Waals surface area contributed by atoms with Crippen molar-refractivity contribution in [1.29, 1.82) is 0 Å². The number of benzene rings is 2. The Labute approximate surface area is 173 Å². The number of carbonyl (C=O) groups is 1. The predicted molar refractivity (Wildman–Crippen MR) is 121 cm³/mol. The summed E-state index contributed by atoms with van der Waals surface area (Å²) in [6.07, 6.45) is 1.99. The van der Waals surface area contributed by atoms with Gasteiger partial charge in [0.05, 0.1) is 0 Å². The number of nitrogens with one attached hydrogen (secondary N) is 3. The van der Waals surface area contributed by atoms with Crippen molar-refractivity contribution < 1.29 is 4.79 Å². The first kappa shape index (κ1) is 20.7. The van der Waals surface area contributed by atoms with Gasteiger partial charge in [0.15, 0.2) is 5.96 Å². The van der Waals surface area contributed by atoms with Gasteiger partial charge in [0.1, 0.15) is 0 Å². The van der Waals surface area contributed by atoms with Crippen LogP contribution in [-0.4, -0.2) is 44.6 Å². The molecule has 0 aromatic heterocycles. The molecular weight excluding hydrogens is 362 g/mol. The molecule has 1 fully saturated rings. The molecule has 1 aliphatic rings. The Hall–Kier alpha value is -3.02. The number of hydrogen-bond donors (Lipinski definition) is 3. The first-order chi connectivity index (χ1) is 14.0. The van der Waals surface area contributed by atoms with Crippen LogP contribution in [0.4, 0.5) is 11.4 Å². The van der Waals surface area contributed by atoms with Gasteiger partial charge in [-0.15, -0.1) is 0 Å². The summed E-state index contributed by atoms with van der Waals surface area (Å²) in [5.74, 6) is 0.790. The van der Waals surface area contributed by atoms with E-state index in [2.05, 4.69) is 57.0 Å². The van der Waals surface area contributed by atoms with Crippen LogP contribution >= 0.6 is 0 Å². The Morgan fingerprint density at radius 2 is 1.86 bits per heavy atom. The van der Waals surface area contributed by atoms with Crippen LogP contribution in [0.15, 0.2) is 53.5 Å². The Morgan fingerprint density at radius 1 is 1.14 bits per heavy atom. The monoisotopic (exact) mass is 393 g/mol. The van der Waals surface area contributed by atoms with Gasteiger partial charge in [-0.1, -0.05) is 29.8 Å². The molecule has 3 rings (SSSR count). The maximum atomic E-state index is 11.1. The van der Waals surface area contributed by atoms with Gasteiger partial charge in [-0.25, -0.2) is 0 Å². The van der Waals surface area contributed by atoms with Gasteiger partial charge >= 0.3 is 0 Å². The van der Waals surface area contributed by atoms with Crippen molar-refractivity contribution in [2.45, 2.75) is 32.7 Å². The lowest BCUT2D eigenvalue weighted by Crippen LogP contribution is -2.45. The lowest BCUT2D eigenvalue weighted by Gasteiger charge is -2.20. The number of amides is 1. The van der Waals surface area contributed by atoms with Crippen LogP contribution < -0.4 is 20.9 Å². The fourth-order valence-corrected chi connectivity index (χ4v) is 3.54. The molecule has 1 saturated heterocycles. The molecule has 0 aliphatic carbocycles. The van der Waals surface area contributed by atoms with Crippen molar-refractivity contribution >= 4 is 23.2 Å². The van der Waals surface area contributed by atoms with Gasteiger partial charge < -0.3 is 20.9 Å². The van der Waals surface area contributed by atoms with Gasteiger partial charge in [-0.05, 0) is 49.6 Å². The van der Waals surface area contributed by atoms with Crippen molar-refractivity contribution in [3.05, 3.63) is 59.7 Å². The second-order valence-electron chi connectivity index (χ2n) is 7.54. The second-order valence-corrected chi connectivity index (χ2v) is 7.54. The van der Waals surface area contributed by atoms with Crippen LogP contribution in [0.1, 0.15) is 24.5 Å². The molecule has 0 saturated carbocycles. The standard InChI is InChI=1S/C23H31N5O/c1-17-4-10-22(11-5-17)28-15-13-21(16-28)27-23(24-3)25-14-12-19-6-8-20(9-7-19)26-18(2)29/h4-11,21H,12-16H2,1-3H3,(H,26,29)(H2,24,25,27). The highest BCUT2D eigenvalue weighted by Crippen LogP contribution is 2.20. The summed E-state index contributed by atoms with van der Waals surface area (Å²) in [5.41, 5.74) is 4.61. The number of nitrogens with zero attached hydrogens (tertiary/aromatic N) is 2. The van der Waals surface area contributed by atoms with Gasteiger partial charge in [0.2, 0.25) is 5.91 Å². The second kappa shape index (κ2) is 9.96. The first-order valence-corrected chi connectivity index (χ1v) is 10.2. The molecule has 29 heavy (non-hydrogen) atoms. The number of aliphatic imine (C=N–C) groups is 1. The summed E-state index contributed by atoms with van der Waals surface area (Å²) >= 11 is 0. The molecule has 0 radical (unpaired) electrons. The molecule has 1 amide bonds. The van der Waals surface area contributed by atoms with Gasteiger partial charge in [0, 0.05) is 51.0 Å². The minimum absolute atomic E-state index is 0.0536. The smallest absolute Gasteiger partial charge is 0.221 e. The molecule has 6 heteroatoms. The summed E-state index contributed by atoms with van der Waals surface area (Å²) in [6.45, 7) is 6.46. The average molecular weight is 394 g/mol. The lowest BCUT2D eigenvalue weighted by atomic mass is 10.1. The Kier molecular flexibility index (Phi) is 7.11. The van der Waals surface area contributed by atoms with E-state index in [4.69, 9.17) is 0 Å². The van der Waals surface area contributed by atoms with Crippen molar-refractivity contribution in [1.82, 2.24) is 10.6 Å². The number of aryl methyl sites for hydroxylation is 1. The Morgan fingerprint density at radius 3 is 2.52 bits per heavy atom. The van der Waals surface area contributed by atoms with E-state index < -0.39 is 0 Å². The molecule has 154 valence electrons. The van der Waals surface area contributed by atoms with E-state index in [1.165, 1.54) is 23.7 Å². The molecule has 0 spiro atoms. The quantitative estimate of drug-likeness (QED) is 0.521. The number of guanidine groups is 1. The third kappa shape index (κ3) is 6.24. The topological polar surface area (TPSA) is 68.8 Å². The largest absolute Gasteiger partial charge is 0.369 e.